The number of carbonyl (C=O) groups excluding carboxylic acids is 2. The second-order valence-corrected chi connectivity index (χ2v) is 7.65. The van der Waals surface area contributed by atoms with Gasteiger partial charge in [-0.15, -0.1) is 10.2 Å². The Morgan fingerprint density at radius 2 is 1.92 bits per heavy atom. The number of hydrogen-bond acceptors (Lipinski definition) is 6. The molecule has 0 radical (unpaired) electrons. The Balaban J connectivity index is 1.96. The molecular weight excluding hydrogens is 368 g/mol. The number of rotatable bonds is 7. The van der Waals surface area contributed by atoms with Crippen molar-refractivity contribution in [2.24, 2.45) is 0 Å². The Morgan fingerprint density at radius 1 is 1.21 bits per heavy atom. The molecular formula is C15H17ClN4O2S2. The fourth-order valence-electron chi connectivity index (χ4n) is 1.72. The average molecular weight is 385 g/mol. The zero-order valence-electron chi connectivity index (χ0n) is 13.2. The van der Waals surface area contributed by atoms with Crippen LogP contribution in [0.4, 0.5) is 10.8 Å². The molecule has 1 aromatic carbocycles. The number of hydrogen-bond donors (Lipinski definition) is 2. The van der Waals surface area contributed by atoms with Crippen LogP contribution in [0.15, 0.2) is 28.6 Å². The van der Waals surface area contributed by atoms with E-state index in [4.69, 9.17) is 11.6 Å². The third-order valence-electron chi connectivity index (χ3n) is 2.99. The van der Waals surface area contributed by atoms with Gasteiger partial charge in [-0.05, 0) is 30.7 Å². The van der Waals surface area contributed by atoms with Crippen LogP contribution >= 0.6 is 34.7 Å². The van der Waals surface area contributed by atoms with E-state index in [1.807, 2.05) is 6.92 Å². The molecule has 2 aromatic rings. The average Bonchev–Trinajstić information content (AvgIpc) is 3.01. The Bertz CT molecular complexity index is 706. The quantitative estimate of drug-likeness (QED) is 0.555. The molecule has 1 atom stereocenters. The molecule has 0 aliphatic heterocycles. The Morgan fingerprint density at radius 3 is 2.54 bits per heavy atom. The molecule has 1 heterocycles. The van der Waals surface area contributed by atoms with E-state index in [1.54, 1.807) is 31.2 Å². The summed E-state index contributed by atoms with van der Waals surface area (Å²) in [7, 11) is 0. The molecule has 0 fully saturated rings. The van der Waals surface area contributed by atoms with Gasteiger partial charge in [-0.3, -0.25) is 9.59 Å². The standard InChI is InChI=1S/C15H17ClN4O2S2/c1-3-11(13(22)17-10-7-5-9(16)6-8-10)23-15-20-19-14(24-15)18-12(21)4-2/h5-8,11H,3-4H2,1-2H3,(H,17,22)(H,18,19,21). The Labute approximate surface area is 153 Å². The first kappa shape index (κ1) is 18.7. The van der Waals surface area contributed by atoms with E-state index in [2.05, 4.69) is 20.8 Å². The molecule has 2 amide bonds. The van der Waals surface area contributed by atoms with Crippen LogP contribution in [0.1, 0.15) is 26.7 Å². The highest BCUT2D eigenvalue weighted by Crippen LogP contribution is 2.31. The number of aromatic nitrogens is 2. The number of nitrogens with one attached hydrogen (secondary N) is 2. The van der Waals surface area contributed by atoms with Crippen molar-refractivity contribution in [3.8, 4) is 0 Å². The van der Waals surface area contributed by atoms with Crippen molar-refractivity contribution < 1.29 is 9.59 Å². The fraction of sp³-hybridized carbons (Fsp3) is 0.333. The maximum absolute atomic E-state index is 12.4. The number of nitrogens with zero attached hydrogens (tertiary/aromatic N) is 2. The Hall–Kier alpha value is -1.64. The maximum atomic E-state index is 12.4. The first-order valence-electron chi connectivity index (χ1n) is 7.38. The van der Waals surface area contributed by atoms with Gasteiger partial charge in [-0.1, -0.05) is 48.5 Å². The molecule has 2 N–H and O–H groups in total. The van der Waals surface area contributed by atoms with Crippen LogP contribution in [-0.2, 0) is 9.59 Å². The van der Waals surface area contributed by atoms with Crippen molar-refractivity contribution in [1.82, 2.24) is 10.2 Å². The highest BCUT2D eigenvalue weighted by atomic mass is 35.5. The summed E-state index contributed by atoms with van der Waals surface area (Å²) in [6.45, 7) is 3.69. The van der Waals surface area contributed by atoms with Crippen LogP contribution < -0.4 is 10.6 Å². The van der Waals surface area contributed by atoms with Gasteiger partial charge in [0.25, 0.3) is 0 Å². The van der Waals surface area contributed by atoms with Gasteiger partial charge < -0.3 is 10.6 Å². The van der Waals surface area contributed by atoms with Crippen molar-refractivity contribution in [1.29, 1.82) is 0 Å². The third kappa shape index (κ3) is 5.47. The van der Waals surface area contributed by atoms with E-state index >= 15 is 0 Å². The third-order valence-corrected chi connectivity index (χ3v) is 5.53. The van der Waals surface area contributed by atoms with Gasteiger partial charge in [0, 0.05) is 17.1 Å². The summed E-state index contributed by atoms with van der Waals surface area (Å²) < 4.78 is 0.638. The number of amides is 2. The fourth-order valence-corrected chi connectivity index (χ4v) is 3.78. The summed E-state index contributed by atoms with van der Waals surface area (Å²) in [4.78, 5) is 23.7. The number of anilines is 2. The van der Waals surface area contributed by atoms with E-state index in [1.165, 1.54) is 23.1 Å². The molecule has 1 aromatic heterocycles. The summed E-state index contributed by atoms with van der Waals surface area (Å²) in [6.07, 6.45) is 1.02. The monoisotopic (exact) mass is 384 g/mol. The lowest BCUT2D eigenvalue weighted by molar-refractivity contribution is -0.116. The molecule has 1 unspecified atom stereocenters. The van der Waals surface area contributed by atoms with Crippen molar-refractivity contribution in [2.45, 2.75) is 36.3 Å². The normalized spacial score (nSPS) is 11.8. The molecule has 0 bridgehead atoms. The first-order chi connectivity index (χ1) is 11.5. The van der Waals surface area contributed by atoms with Crippen LogP contribution in [0.3, 0.4) is 0 Å². The minimum atomic E-state index is -0.302. The van der Waals surface area contributed by atoms with Crippen molar-refractivity contribution in [3.05, 3.63) is 29.3 Å². The van der Waals surface area contributed by atoms with Crippen LogP contribution in [0.25, 0.3) is 0 Å². The summed E-state index contributed by atoms with van der Waals surface area (Å²) in [5.41, 5.74) is 0.691. The number of thioether (sulfide) groups is 1. The Kier molecular flexibility index (Phi) is 7.01. The van der Waals surface area contributed by atoms with Crippen LogP contribution in [-0.4, -0.2) is 27.3 Å². The molecule has 2 rings (SSSR count). The molecule has 9 heteroatoms. The minimum Gasteiger partial charge on any atom is -0.325 e. The summed E-state index contributed by atoms with van der Waals surface area (Å²) in [5.74, 6) is -0.227. The smallest absolute Gasteiger partial charge is 0.237 e. The van der Waals surface area contributed by atoms with Crippen molar-refractivity contribution in [2.75, 3.05) is 10.6 Å². The summed E-state index contributed by atoms with van der Waals surface area (Å²) >= 11 is 8.42. The van der Waals surface area contributed by atoms with Crippen LogP contribution in [0.2, 0.25) is 5.02 Å². The predicted molar refractivity (Wildman–Crippen MR) is 98.8 cm³/mol. The van der Waals surface area contributed by atoms with Gasteiger partial charge in [0.05, 0.1) is 5.25 Å². The summed E-state index contributed by atoms with van der Waals surface area (Å²) in [6, 6.07) is 6.94. The van der Waals surface area contributed by atoms with Crippen LogP contribution in [0.5, 0.6) is 0 Å². The van der Waals surface area contributed by atoms with Gasteiger partial charge in [-0.2, -0.15) is 0 Å². The SMILES string of the molecule is CCC(=O)Nc1nnc(SC(CC)C(=O)Nc2ccc(Cl)cc2)s1. The first-order valence-corrected chi connectivity index (χ1v) is 9.45. The second-order valence-electron chi connectivity index (χ2n) is 4.79. The number of halogens is 1. The highest BCUT2D eigenvalue weighted by Gasteiger charge is 2.20. The largest absolute Gasteiger partial charge is 0.325 e. The minimum absolute atomic E-state index is 0.112. The maximum Gasteiger partial charge on any atom is 0.237 e. The van der Waals surface area contributed by atoms with Gasteiger partial charge in [0.1, 0.15) is 0 Å². The lowest BCUT2D eigenvalue weighted by Gasteiger charge is -2.13. The predicted octanol–water partition coefficient (Wildman–Crippen LogP) is 4.05. The second kappa shape index (κ2) is 9.00. The lowest BCUT2D eigenvalue weighted by atomic mass is 10.3. The molecule has 0 spiro atoms. The van der Waals surface area contributed by atoms with Gasteiger partial charge >= 0.3 is 0 Å². The van der Waals surface area contributed by atoms with Crippen LogP contribution in [0, 0.1) is 0 Å². The van der Waals surface area contributed by atoms with E-state index in [0.29, 0.717) is 33.0 Å². The lowest BCUT2D eigenvalue weighted by Crippen LogP contribution is -2.24. The molecule has 128 valence electrons. The molecule has 0 saturated carbocycles. The van der Waals surface area contributed by atoms with E-state index in [-0.39, 0.29) is 17.1 Å². The van der Waals surface area contributed by atoms with Gasteiger partial charge in [-0.25, -0.2) is 0 Å². The molecule has 0 aliphatic carbocycles. The van der Waals surface area contributed by atoms with E-state index in [9.17, 15) is 9.59 Å². The van der Waals surface area contributed by atoms with Gasteiger partial charge in [0.2, 0.25) is 16.9 Å². The molecule has 0 aliphatic rings. The van der Waals surface area contributed by atoms with Crippen molar-refractivity contribution >= 4 is 57.3 Å². The van der Waals surface area contributed by atoms with Gasteiger partial charge in [0.15, 0.2) is 4.34 Å². The van der Waals surface area contributed by atoms with E-state index < -0.39 is 0 Å². The van der Waals surface area contributed by atoms with E-state index in [0.717, 1.165) is 0 Å². The molecule has 24 heavy (non-hydrogen) atoms. The zero-order valence-corrected chi connectivity index (χ0v) is 15.6. The highest BCUT2D eigenvalue weighted by molar-refractivity contribution is 8.02. The topological polar surface area (TPSA) is 84.0 Å². The zero-order chi connectivity index (χ0) is 17.5. The molecule has 6 nitrogen and oxygen atoms in total. The summed E-state index contributed by atoms with van der Waals surface area (Å²) in [5, 5.41) is 14.2. The number of carbonyl (C=O) groups is 2. The number of benzene rings is 1. The van der Waals surface area contributed by atoms with Crippen molar-refractivity contribution in [3.63, 3.8) is 0 Å². The molecule has 0 saturated heterocycles.